The fourth-order valence-corrected chi connectivity index (χ4v) is 2.54. The minimum Gasteiger partial charge on any atom is -0.444 e. The SMILES string of the molecule is CCc1nccc(-c2sccc2NC(=O)OC(C)(C)C)n1. The Labute approximate surface area is 128 Å². The Bertz CT molecular complexity index is 632. The van der Waals surface area contributed by atoms with E-state index in [0.29, 0.717) is 5.69 Å². The van der Waals surface area contributed by atoms with Gasteiger partial charge in [-0.2, -0.15) is 0 Å². The summed E-state index contributed by atoms with van der Waals surface area (Å²) < 4.78 is 5.27. The summed E-state index contributed by atoms with van der Waals surface area (Å²) in [6.45, 7) is 7.50. The van der Waals surface area contributed by atoms with Crippen LogP contribution in [0, 0.1) is 0 Å². The molecule has 2 rings (SSSR count). The Hall–Kier alpha value is -1.95. The summed E-state index contributed by atoms with van der Waals surface area (Å²) in [4.78, 5) is 21.4. The molecule has 0 spiro atoms. The maximum absolute atomic E-state index is 11.9. The highest BCUT2D eigenvalue weighted by molar-refractivity contribution is 7.14. The summed E-state index contributed by atoms with van der Waals surface area (Å²) in [5.41, 5.74) is 0.989. The first kappa shape index (κ1) is 15.4. The molecule has 2 aromatic rings. The van der Waals surface area contributed by atoms with Crippen LogP contribution in [-0.2, 0) is 11.2 Å². The Balaban J connectivity index is 2.20. The van der Waals surface area contributed by atoms with Crippen LogP contribution in [0.1, 0.15) is 33.5 Å². The molecule has 21 heavy (non-hydrogen) atoms. The summed E-state index contributed by atoms with van der Waals surface area (Å²) in [5, 5.41) is 4.68. The molecule has 5 nitrogen and oxygen atoms in total. The van der Waals surface area contributed by atoms with Crippen LogP contribution >= 0.6 is 11.3 Å². The molecule has 0 fully saturated rings. The third-order valence-electron chi connectivity index (χ3n) is 2.56. The minimum absolute atomic E-state index is 0.466. The molecule has 1 N–H and O–H groups in total. The summed E-state index contributed by atoms with van der Waals surface area (Å²) >= 11 is 1.52. The van der Waals surface area contributed by atoms with Gasteiger partial charge in [0.25, 0.3) is 0 Å². The molecule has 0 aliphatic rings. The van der Waals surface area contributed by atoms with E-state index in [1.54, 1.807) is 6.20 Å². The van der Waals surface area contributed by atoms with Gasteiger partial charge >= 0.3 is 6.09 Å². The molecule has 0 saturated heterocycles. The Morgan fingerprint density at radius 2 is 2.14 bits per heavy atom. The largest absolute Gasteiger partial charge is 0.444 e. The van der Waals surface area contributed by atoms with Crippen molar-refractivity contribution in [3.8, 4) is 10.6 Å². The molecule has 0 aliphatic heterocycles. The number of carbonyl (C=O) groups excluding carboxylic acids is 1. The number of aromatic nitrogens is 2. The first-order chi connectivity index (χ1) is 9.89. The molecule has 0 saturated carbocycles. The second-order valence-corrected chi connectivity index (χ2v) is 6.42. The predicted octanol–water partition coefficient (Wildman–Crippen LogP) is 4.11. The third kappa shape index (κ3) is 4.26. The maximum atomic E-state index is 11.9. The van der Waals surface area contributed by atoms with E-state index in [0.717, 1.165) is 22.8 Å². The van der Waals surface area contributed by atoms with Crippen molar-refractivity contribution in [2.75, 3.05) is 5.32 Å². The molecule has 0 aliphatic carbocycles. The molecule has 2 heterocycles. The lowest BCUT2D eigenvalue weighted by molar-refractivity contribution is 0.0636. The number of nitrogens with zero attached hydrogens (tertiary/aromatic N) is 2. The van der Waals surface area contributed by atoms with Gasteiger partial charge in [0.1, 0.15) is 11.4 Å². The topological polar surface area (TPSA) is 64.1 Å². The Morgan fingerprint density at radius 1 is 1.38 bits per heavy atom. The Kier molecular flexibility index (Phi) is 4.57. The zero-order valence-electron chi connectivity index (χ0n) is 12.6. The lowest BCUT2D eigenvalue weighted by atomic mass is 10.2. The van der Waals surface area contributed by atoms with Crippen LogP contribution in [0.15, 0.2) is 23.7 Å². The van der Waals surface area contributed by atoms with Gasteiger partial charge in [-0.25, -0.2) is 14.8 Å². The smallest absolute Gasteiger partial charge is 0.412 e. The van der Waals surface area contributed by atoms with E-state index in [-0.39, 0.29) is 0 Å². The number of ether oxygens (including phenoxy) is 1. The number of hydrogen-bond acceptors (Lipinski definition) is 5. The van der Waals surface area contributed by atoms with E-state index in [1.165, 1.54) is 11.3 Å². The van der Waals surface area contributed by atoms with Crippen LogP contribution in [0.3, 0.4) is 0 Å². The average Bonchev–Trinajstić information content (AvgIpc) is 2.84. The van der Waals surface area contributed by atoms with Crippen LogP contribution in [0.4, 0.5) is 10.5 Å². The zero-order chi connectivity index (χ0) is 15.5. The summed E-state index contributed by atoms with van der Waals surface area (Å²) in [7, 11) is 0. The number of aryl methyl sites for hydroxylation is 1. The van der Waals surface area contributed by atoms with E-state index in [4.69, 9.17) is 4.74 Å². The second-order valence-electron chi connectivity index (χ2n) is 5.50. The number of thiophene rings is 1. The standard InChI is InChI=1S/C15H19N3O2S/c1-5-12-16-8-6-10(17-12)13-11(7-9-21-13)18-14(19)20-15(2,3)4/h6-9H,5H2,1-4H3,(H,18,19). The van der Waals surface area contributed by atoms with Crippen molar-refractivity contribution in [1.82, 2.24) is 9.97 Å². The number of rotatable bonds is 3. The number of carbonyl (C=O) groups is 1. The zero-order valence-corrected chi connectivity index (χ0v) is 13.5. The summed E-state index contributed by atoms with van der Waals surface area (Å²) in [6.07, 6.45) is 2.04. The van der Waals surface area contributed by atoms with Crippen molar-refractivity contribution in [3.05, 3.63) is 29.5 Å². The summed E-state index contributed by atoms with van der Waals surface area (Å²) in [6, 6.07) is 3.68. The minimum atomic E-state index is -0.523. The van der Waals surface area contributed by atoms with Gasteiger partial charge in [-0.3, -0.25) is 5.32 Å². The first-order valence-corrected chi connectivity index (χ1v) is 7.67. The highest BCUT2D eigenvalue weighted by Crippen LogP contribution is 2.32. The van der Waals surface area contributed by atoms with E-state index in [2.05, 4.69) is 15.3 Å². The number of hydrogen-bond donors (Lipinski definition) is 1. The van der Waals surface area contributed by atoms with Crippen LogP contribution < -0.4 is 5.32 Å². The molecule has 6 heteroatoms. The molecule has 0 aromatic carbocycles. The van der Waals surface area contributed by atoms with Crippen LogP contribution in [0.25, 0.3) is 10.6 Å². The van der Waals surface area contributed by atoms with Crippen molar-refractivity contribution >= 4 is 23.1 Å². The highest BCUT2D eigenvalue weighted by Gasteiger charge is 2.18. The first-order valence-electron chi connectivity index (χ1n) is 6.79. The van der Waals surface area contributed by atoms with E-state index in [9.17, 15) is 4.79 Å². The van der Waals surface area contributed by atoms with Gasteiger partial charge in [0.05, 0.1) is 16.3 Å². The quantitative estimate of drug-likeness (QED) is 0.926. The molecule has 1 amide bonds. The molecule has 0 radical (unpaired) electrons. The van der Waals surface area contributed by atoms with Gasteiger partial charge in [-0.05, 0) is 38.3 Å². The normalized spacial score (nSPS) is 11.2. The molecule has 112 valence electrons. The van der Waals surface area contributed by atoms with Crippen molar-refractivity contribution in [3.63, 3.8) is 0 Å². The van der Waals surface area contributed by atoms with E-state index in [1.807, 2.05) is 45.2 Å². The van der Waals surface area contributed by atoms with Gasteiger partial charge in [0.15, 0.2) is 0 Å². The molecular weight excluding hydrogens is 286 g/mol. The monoisotopic (exact) mass is 305 g/mol. The fourth-order valence-electron chi connectivity index (χ4n) is 1.72. The lowest BCUT2D eigenvalue weighted by Crippen LogP contribution is -2.27. The summed E-state index contributed by atoms with van der Waals surface area (Å²) in [5.74, 6) is 0.782. The molecule has 0 atom stereocenters. The van der Waals surface area contributed by atoms with Gasteiger partial charge in [-0.1, -0.05) is 6.92 Å². The van der Waals surface area contributed by atoms with Gasteiger partial charge in [0.2, 0.25) is 0 Å². The van der Waals surface area contributed by atoms with E-state index < -0.39 is 11.7 Å². The number of nitrogens with one attached hydrogen (secondary N) is 1. The van der Waals surface area contributed by atoms with Crippen LogP contribution in [0.5, 0.6) is 0 Å². The molecular formula is C15H19N3O2S. The van der Waals surface area contributed by atoms with Crippen molar-refractivity contribution in [1.29, 1.82) is 0 Å². The third-order valence-corrected chi connectivity index (χ3v) is 3.49. The molecule has 2 aromatic heterocycles. The molecule has 0 bridgehead atoms. The van der Waals surface area contributed by atoms with Crippen molar-refractivity contribution in [2.45, 2.75) is 39.7 Å². The van der Waals surface area contributed by atoms with Gasteiger partial charge in [0, 0.05) is 12.6 Å². The fraction of sp³-hybridized carbons (Fsp3) is 0.400. The Morgan fingerprint density at radius 3 is 2.81 bits per heavy atom. The van der Waals surface area contributed by atoms with Gasteiger partial charge in [-0.15, -0.1) is 11.3 Å². The highest BCUT2D eigenvalue weighted by atomic mass is 32.1. The van der Waals surface area contributed by atoms with E-state index >= 15 is 0 Å². The van der Waals surface area contributed by atoms with Crippen LogP contribution in [0.2, 0.25) is 0 Å². The number of anilines is 1. The molecule has 0 unspecified atom stereocenters. The van der Waals surface area contributed by atoms with Gasteiger partial charge < -0.3 is 4.74 Å². The second kappa shape index (κ2) is 6.22. The maximum Gasteiger partial charge on any atom is 0.412 e. The lowest BCUT2D eigenvalue weighted by Gasteiger charge is -2.19. The predicted molar refractivity (Wildman–Crippen MR) is 84.6 cm³/mol. The van der Waals surface area contributed by atoms with Crippen molar-refractivity contribution < 1.29 is 9.53 Å². The average molecular weight is 305 g/mol. The van der Waals surface area contributed by atoms with Crippen molar-refractivity contribution in [2.24, 2.45) is 0 Å². The number of amides is 1. The van der Waals surface area contributed by atoms with Crippen LogP contribution in [-0.4, -0.2) is 21.7 Å².